The summed E-state index contributed by atoms with van der Waals surface area (Å²) in [6, 6.07) is 6.91. The second kappa shape index (κ2) is 5.59. The zero-order chi connectivity index (χ0) is 16.9. The number of carbonyl (C=O) groups is 1. The van der Waals surface area contributed by atoms with Crippen molar-refractivity contribution in [2.24, 2.45) is 5.92 Å². The Hall–Kier alpha value is -1.87. The number of quaternary nitrogens is 1. The van der Waals surface area contributed by atoms with E-state index in [1.54, 1.807) is 0 Å². The predicted molar refractivity (Wildman–Crippen MR) is 100 cm³/mol. The van der Waals surface area contributed by atoms with Crippen LogP contribution in [-0.4, -0.2) is 33.5 Å². The molecule has 0 saturated heterocycles. The van der Waals surface area contributed by atoms with E-state index in [-0.39, 0.29) is 0 Å². The Kier molecular flexibility index (Phi) is 3.65. The third-order valence-electron chi connectivity index (χ3n) is 5.70. The summed E-state index contributed by atoms with van der Waals surface area (Å²) in [5, 5.41) is 0. The summed E-state index contributed by atoms with van der Waals surface area (Å²) >= 11 is 0. The van der Waals surface area contributed by atoms with Crippen molar-refractivity contribution >= 4 is 17.2 Å². The summed E-state index contributed by atoms with van der Waals surface area (Å²) < 4.78 is 0.854. The molecule has 0 N–H and O–H groups in total. The predicted octanol–water partition coefficient (Wildman–Crippen LogP) is 3.83. The largest absolute Gasteiger partial charge is 0.345 e. The van der Waals surface area contributed by atoms with Crippen LogP contribution in [0.2, 0.25) is 0 Å². The lowest BCUT2D eigenvalue weighted by atomic mass is 9.79. The highest BCUT2D eigenvalue weighted by atomic mass is 16.1. The molecule has 2 aliphatic carbocycles. The molecule has 0 fully saturated rings. The lowest BCUT2D eigenvalue weighted by molar-refractivity contribution is -0.115. The molecule has 1 heterocycles. The zero-order valence-corrected chi connectivity index (χ0v) is 15.0. The minimum Gasteiger partial charge on any atom is -0.345 e. The highest BCUT2D eigenvalue weighted by Crippen LogP contribution is 2.40. The lowest BCUT2D eigenvalue weighted by Gasteiger charge is -2.32. The van der Waals surface area contributed by atoms with Crippen molar-refractivity contribution in [3.8, 4) is 0 Å². The fraction of sp³-hybridized carbons (Fsp3) is 0.476. The second-order valence-corrected chi connectivity index (χ2v) is 8.25. The average Bonchev–Trinajstić information content (AvgIpc) is 2.96. The normalized spacial score (nSPS) is 23.5. The molecule has 3 nitrogen and oxygen atoms in total. The van der Waals surface area contributed by atoms with Crippen LogP contribution < -0.4 is 9.38 Å². The monoisotopic (exact) mass is 323 g/mol. The summed E-state index contributed by atoms with van der Waals surface area (Å²) in [6.45, 7) is 1.06. The van der Waals surface area contributed by atoms with Gasteiger partial charge in [0, 0.05) is 36.5 Å². The van der Waals surface area contributed by atoms with E-state index in [1.165, 1.54) is 34.6 Å². The Morgan fingerprint density at radius 2 is 1.83 bits per heavy atom. The van der Waals surface area contributed by atoms with Crippen LogP contribution in [0.4, 0.5) is 11.4 Å². The first-order chi connectivity index (χ1) is 11.4. The van der Waals surface area contributed by atoms with E-state index in [0.717, 1.165) is 36.7 Å². The van der Waals surface area contributed by atoms with Gasteiger partial charge < -0.3 is 4.90 Å². The SMILES string of the molecule is C[N+](C)(C)c1ccc2c(c1)CCN2C1=CC2=CC(=O)CCC2CC1. The van der Waals surface area contributed by atoms with E-state index < -0.39 is 0 Å². The number of anilines is 1. The number of benzene rings is 1. The van der Waals surface area contributed by atoms with Gasteiger partial charge in [0.1, 0.15) is 5.69 Å². The highest BCUT2D eigenvalue weighted by Gasteiger charge is 2.29. The molecule has 0 amide bonds. The van der Waals surface area contributed by atoms with Crippen molar-refractivity contribution in [3.05, 3.63) is 47.2 Å². The molecule has 1 aromatic carbocycles. The number of fused-ring (bicyclic) bond motifs is 2. The van der Waals surface area contributed by atoms with E-state index in [0.29, 0.717) is 11.7 Å². The molecule has 3 heteroatoms. The van der Waals surface area contributed by atoms with E-state index in [2.05, 4.69) is 50.3 Å². The number of nitrogens with zero attached hydrogens (tertiary/aromatic N) is 2. The van der Waals surface area contributed by atoms with Crippen LogP contribution in [-0.2, 0) is 11.2 Å². The molecule has 0 spiro atoms. The maximum atomic E-state index is 11.8. The van der Waals surface area contributed by atoms with Crippen molar-refractivity contribution in [2.45, 2.75) is 32.1 Å². The van der Waals surface area contributed by atoms with Gasteiger partial charge in [0.2, 0.25) is 0 Å². The van der Waals surface area contributed by atoms with Gasteiger partial charge in [-0.15, -0.1) is 0 Å². The summed E-state index contributed by atoms with van der Waals surface area (Å²) in [7, 11) is 6.64. The number of allylic oxidation sites excluding steroid dienone is 4. The smallest absolute Gasteiger partial charge is 0.155 e. The highest BCUT2D eigenvalue weighted by molar-refractivity contribution is 5.92. The number of hydrogen-bond donors (Lipinski definition) is 0. The zero-order valence-electron chi connectivity index (χ0n) is 15.0. The minimum atomic E-state index is 0.299. The molecule has 1 aromatic rings. The van der Waals surface area contributed by atoms with E-state index in [9.17, 15) is 4.79 Å². The Labute approximate surface area is 144 Å². The molecular weight excluding hydrogens is 296 g/mol. The van der Waals surface area contributed by atoms with Crippen LogP contribution in [0.1, 0.15) is 31.2 Å². The second-order valence-electron chi connectivity index (χ2n) is 8.25. The van der Waals surface area contributed by atoms with Gasteiger partial charge in [-0.3, -0.25) is 9.28 Å². The van der Waals surface area contributed by atoms with Crippen LogP contribution in [0.25, 0.3) is 0 Å². The summed E-state index contributed by atoms with van der Waals surface area (Å²) in [5.41, 5.74) is 6.83. The number of rotatable bonds is 2. The van der Waals surface area contributed by atoms with Gasteiger partial charge in [-0.1, -0.05) is 0 Å². The van der Waals surface area contributed by atoms with Crippen molar-refractivity contribution in [1.29, 1.82) is 0 Å². The van der Waals surface area contributed by atoms with Gasteiger partial charge in [-0.2, -0.15) is 0 Å². The molecule has 0 saturated carbocycles. The van der Waals surface area contributed by atoms with Gasteiger partial charge in [0.15, 0.2) is 5.78 Å². The van der Waals surface area contributed by atoms with Crippen LogP contribution in [0.15, 0.2) is 41.6 Å². The van der Waals surface area contributed by atoms with Crippen LogP contribution in [0, 0.1) is 5.92 Å². The van der Waals surface area contributed by atoms with Crippen molar-refractivity contribution in [1.82, 2.24) is 4.48 Å². The Morgan fingerprint density at radius 1 is 1.04 bits per heavy atom. The lowest BCUT2D eigenvalue weighted by Crippen LogP contribution is -2.34. The topological polar surface area (TPSA) is 20.3 Å². The number of ketones is 1. The van der Waals surface area contributed by atoms with Gasteiger partial charge in [-0.25, -0.2) is 0 Å². The third-order valence-corrected chi connectivity index (χ3v) is 5.70. The summed E-state index contributed by atoms with van der Waals surface area (Å²) in [6.07, 6.45) is 9.40. The first-order valence-electron chi connectivity index (χ1n) is 9.09. The molecule has 1 atom stereocenters. The molecule has 1 aliphatic heterocycles. The summed E-state index contributed by atoms with van der Waals surface area (Å²) in [4.78, 5) is 14.2. The Bertz CT molecular complexity index is 752. The van der Waals surface area contributed by atoms with Crippen molar-refractivity contribution < 1.29 is 4.79 Å². The first-order valence-corrected chi connectivity index (χ1v) is 9.09. The molecular formula is C21H27N2O+. The Morgan fingerprint density at radius 3 is 2.62 bits per heavy atom. The van der Waals surface area contributed by atoms with Crippen molar-refractivity contribution in [2.75, 3.05) is 32.6 Å². The van der Waals surface area contributed by atoms with Crippen LogP contribution in [0.3, 0.4) is 0 Å². The van der Waals surface area contributed by atoms with Crippen LogP contribution in [0.5, 0.6) is 0 Å². The van der Waals surface area contributed by atoms with E-state index >= 15 is 0 Å². The Balaban J connectivity index is 1.65. The fourth-order valence-corrected chi connectivity index (χ4v) is 4.23. The maximum absolute atomic E-state index is 11.8. The summed E-state index contributed by atoms with van der Waals surface area (Å²) in [5.74, 6) is 0.905. The van der Waals surface area contributed by atoms with Gasteiger partial charge >= 0.3 is 0 Å². The molecule has 0 radical (unpaired) electrons. The van der Waals surface area contributed by atoms with Crippen LogP contribution >= 0.6 is 0 Å². The number of hydrogen-bond acceptors (Lipinski definition) is 2. The van der Waals surface area contributed by atoms with Crippen molar-refractivity contribution in [3.63, 3.8) is 0 Å². The van der Waals surface area contributed by atoms with E-state index in [1.807, 2.05) is 6.08 Å². The molecule has 0 aromatic heterocycles. The van der Waals surface area contributed by atoms with Gasteiger partial charge in [-0.05, 0) is 61.0 Å². The first kappa shape index (κ1) is 15.6. The van der Waals surface area contributed by atoms with Gasteiger partial charge in [0.05, 0.1) is 21.1 Å². The molecule has 126 valence electrons. The molecule has 3 aliphatic rings. The molecule has 1 unspecified atom stereocenters. The average molecular weight is 323 g/mol. The maximum Gasteiger partial charge on any atom is 0.155 e. The minimum absolute atomic E-state index is 0.299. The quantitative estimate of drug-likeness (QED) is 0.771. The molecule has 0 bridgehead atoms. The molecule has 24 heavy (non-hydrogen) atoms. The number of carbonyl (C=O) groups excluding carboxylic acids is 1. The third kappa shape index (κ3) is 2.71. The molecule has 4 rings (SSSR count). The van der Waals surface area contributed by atoms with E-state index in [4.69, 9.17) is 0 Å². The standard InChI is InChI=1S/C21H27N2O/c1-23(2,3)19-7-9-21-16(13-19)10-11-22(21)18-6-4-15-5-8-20(24)14-17(15)12-18/h7,9,12-15H,4-6,8,10-11H2,1-3H3/q+1. The fourth-order valence-electron chi connectivity index (χ4n) is 4.23. The van der Waals surface area contributed by atoms with Gasteiger partial charge in [0.25, 0.3) is 0 Å².